The zero-order valence-electron chi connectivity index (χ0n) is 7.09. The fraction of sp³-hybridized carbons (Fsp3) is 0.375. The normalized spacial score (nSPS) is 10.1. The third-order valence-electron chi connectivity index (χ3n) is 1.31. The van der Waals surface area contributed by atoms with Gasteiger partial charge in [-0.25, -0.2) is 9.37 Å². The van der Waals surface area contributed by atoms with Crippen molar-refractivity contribution in [1.29, 1.82) is 0 Å². The van der Waals surface area contributed by atoms with Crippen molar-refractivity contribution in [1.82, 2.24) is 4.98 Å². The number of rotatable bonds is 4. The van der Waals surface area contributed by atoms with Gasteiger partial charge in [-0.2, -0.15) is 0 Å². The van der Waals surface area contributed by atoms with Gasteiger partial charge in [-0.1, -0.05) is 11.6 Å². The molecule has 0 saturated carbocycles. The molecular weight excluding hydrogens is 213 g/mol. The maximum Gasteiger partial charge on any atom is 0.233 e. The van der Waals surface area contributed by atoms with Crippen molar-refractivity contribution in [3.8, 4) is 5.88 Å². The van der Waals surface area contributed by atoms with Gasteiger partial charge in [-0.05, 0) is 18.4 Å². The van der Waals surface area contributed by atoms with E-state index in [9.17, 15) is 4.39 Å². The Morgan fingerprint density at radius 2 is 2.38 bits per heavy atom. The molecule has 0 spiro atoms. The van der Waals surface area contributed by atoms with Crippen LogP contribution in [0.25, 0.3) is 0 Å². The van der Waals surface area contributed by atoms with Crippen LogP contribution in [0.4, 0.5) is 4.39 Å². The maximum absolute atomic E-state index is 11.8. The first-order valence-electron chi connectivity index (χ1n) is 3.67. The third kappa shape index (κ3) is 3.04. The van der Waals surface area contributed by atoms with Crippen LogP contribution in [0.2, 0.25) is 5.02 Å². The Balaban J connectivity index is 2.78. The van der Waals surface area contributed by atoms with Crippen LogP contribution < -0.4 is 4.74 Å². The van der Waals surface area contributed by atoms with Crippen molar-refractivity contribution in [2.75, 3.05) is 19.5 Å². The molecular formula is C8H9ClFNOS. The molecule has 0 saturated heterocycles. The molecule has 1 aromatic heterocycles. The van der Waals surface area contributed by atoms with Crippen LogP contribution in [0.3, 0.4) is 0 Å². The zero-order chi connectivity index (χ0) is 9.68. The lowest BCUT2D eigenvalue weighted by molar-refractivity contribution is 0.263. The van der Waals surface area contributed by atoms with Gasteiger partial charge in [0, 0.05) is 0 Å². The van der Waals surface area contributed by atoms with E-state index in [2.05, 4.69) is 4.98 Å². The van der Waals surface area contributed by atoms with E-state index >= 15 is 0 Å². The number of thioether (sulfide) groups is 1. The maximum atomic E-state index is 11.8. The lowest BCUT2D eigenvalue weighted by Gasteiger charge is -2.05. The lowest BCUT2D eigenvalue weighted by atomic mass is 10.5. The Kier molecular flexibility index (Phi) is 4.32. The van der Waals surface area contributed by atoms with Crippen LogP contribution in [0.5, 0.6) is 5.88 Å². The van der Waals surface area contributed by atoms with Crippen molar-refractivity contribution in [3.63, 3.8) is 0 Å². The number of alkyl halides is 1. The molecule has 0 bridgehead atoms. The fourth-order valence-corrected chi connectivity index (χ4v) is 1.29. The van der Waals surface area contributed by atoms with Crippen LogP contribution in [-0.2, 0) is 0 Å². The molecule has 5 heteroatoms. The summed E-state index contributed by atoms with van der Waals surface area (Å²) >= 11 is 7.25. The van der Waals surface area contributed by atoms with Gasteiger partial charge < -0.3 is 4.74 Å². The molecule has 0 N–H and O–H groups in total. The van der Waals surface area contributed by atoms with E-state index in [4.69, 9.17) is 16.3 Å². The molecule has 72 valence electrons. The predicted octanol–water partition coefficient (Wildman–Crippen LogP) is 2.81. The van der Waals surface area contributed by atoms with Gasteiger partial charge in [0.25, 0.3) is 0 Å². The van der Waals surface area contributed by atoms with Crippen LogP contribution in [0.1, 0.15) is 0 Å². The largest absolute Gasteiger partial charge is 0.474 e. The molecule has 1 aromatic rings. The van der Waals surface area contributed by atoms with Crippen molar-refractivity contribution >= 4 is 23.4 Å². The number of ether oxygens (including phenoxy) is 1. The molecule has 0 unspecified atom stereocenters. The van der Waals surface area contributed by atoms with Gasteiger partial charge in [0.15, 0.2) is 0 Å². The van der Waals surface area contributed by atoms with Gasteiger partial charge in [0.05, 0.1) is 5.03 Å². The Morgan fingerprint density at radius 1 is 1.62 bits per heavy atom. The van der Waals surface area contributed by atoms with E-state index in [1.165, 1.54) is 11.8 Å². The third-order valence-corrected chi connectivity index (χ3v) is 2.25. The van der Waals surface area contributed by atoms with E-state index in [1.807, 2.05) is 6.26 Å². The monoisotopic (exact) mass is 221 g/mol. The topological polar surface area (TPSA) is 22.1 Å². The molecule has 0 fully saturated rings. The molecule has 0 aliphatic carbocycles. The summed E-state index contributed by atoms with van der Waals surface area (Å²) < 4.78 is 16.8. The molecule has 0 amide bonds. The van der Waals surface area contributed by atoms with Gasteiger partial charge in [0.1, 0.15) is 18.3 Å². The Bertz CT molecular complexity index is 285. The van der Waals surface area contributed by atoms with E-state index in [1.54, 1.807) is 12.1 Å². The van der Waals surface area contributed by atoms with Crippen LogP contribution >= 0.6 is 23.4 Å². The molecule has 1 rings (SSSR count). The summed E-state index contributed by atoms with van der Waals surface area (Å²) in [5.74, 6) is 0.297. The first-order valence-corrected chi connectivity index (χ1v) is 5.27. The molecule has 0 aromatic carbocycles. The van der Waals surface area contributed by atoms with Crippen LogP contribution in [-0.4, -0.2) is 24.5 Å². The van der Waals surface area contributed by atoms with Crippen molar-refractivity contribution in [3.05, 3.63) is 17.2 Å². The van der Waals surface area contributed by atoms with Crippen LogP contribution in [0, 0.1) is 0 Å². The summed E-state index contributed by atoms with van der Waals surface area (Å²) in [6, 6.07) is 3.48. The van der Waals surface area contributed by atoms with E-state index in [-0.39, 0.29) is 6.61 Å². The highest BCUT2D eigenvalue weighted by atomic mass is 35.5. The van der Waals surface area contributed by atoms with Gasteiger partial charge in [-0.3, -0.25) is 0 Å². The SMILES string of the molecule is CSc1ccc(Cl)c(OCCF)n1. The quantitative estimate of drug-likeness (QED) is 0.730. The molecule has 0 atom stereocenters. The molecule has 0 aliphatic heterocycles. The average Bonchev–Trinajstić information content (AvgIpc) is 2.17. The van der Waals surface area contributed by atoms with Gasteiger partial charge in [-0.15, -0.1) is 11.8 Å². The molecule has 0 aliphatic rings. The van der Waals surface area contributed by atoms with Gasteiger partial charge in [0.2, 0.25) is 5.88 Å². The summed E-state index contributed by atoms with van der Waals surface area (Å²) in [6.07, 6.45) is 1.90. The summed E-state index contributed by atoms with van der Waals surface area (Å²) in [5.41, 5.74) is 0. The van der Waals surface area contributed by atoms with Crippen LogP contribution in [0.15, 0.2) is 17.2 Å². The zero-order valence-corrected chi connectivity index (χ0v) is 8.66. The number of pyridine rings is 1. The highest BCUT2D eigenvalue weighted by molar-refractivity contribution is 7.98. The second-order valence-corrected chi connectivity index (χ2v) is 3.41. The lowest BCUT2D eigenvalue weighted by Crippen LogP contribution is -2.01. The number of hydrogen-bond acceptors (Lipinski definition) is 3. The number of aromatic nitrogens is 1. The molecule has 1 heterocycles. The second-order valence-electron chi connectivity index (χ2n) is 2.18. The van der Waals surface area contributed by atoms with E-state index < -0.39 is 6.67 Å². The minimum absolute atomic E-state index is 0.00937. The first-order chi connectivity index (χ1) is 6.27. The fourth-order valence-electron chi connectivity index (χ4n) is 0.757. The Morgan fingerprint density at radius 3 is 3.00 bits per heavy atom. The van der Waals surface area contributed by atoms with Crippen molar-refractivity contribution in [2.24, 2.45) is 0 Å². The summed E-state index contributed by atoms with van der Waals surface area (Å²) in [7, 11) is 0. The minimum atomic E-state index is -0.540. The highest BCUT2D eigenvalue weighted by Gasteiger charge is 2.04. The van der Waals surface area contributed by atoms with Gasteiger partial charge >= 0.3 is 0 Å². The average molecular weight is 222 g/mol. The highest BCUT2D eigenvalue weighted by Crippen LogP contribution is 2.24. The van der Waals surface area contributed by atoms with Crippen molar-refractivity contribution in [2.45, 2.75) is 5.03 Å². The summed E-state index contributed by atoms with van der Waals surface area (Å²) in [5, 5.41) is 1.21. The Hall–Kier alpha value is -0.480. The standard InChI is InChI=1S/C8H9ClFNOS/c1-13-7-3-2-6(9)8(11-7)12-5-4-10/h2-3H,4-5H2,1H3. The molecule has 2 nitrogen and oxygen atoms in total. The number of nitrogens with zero attached hydrogens (tertiary/aromatic N) is 1. The summed E-state index contributed by atoms with van der Waals surface area (Å²) in [6.45, 7) is -0.550. The molecule has 0 radical (unpaired) electrons. The predicted molar refractivity (Wildman–Crippen MR) is 52.5 cm³/mol. The smallest absolute Gasteiger partial charge is 0.233 e. The number of hydrogen-bond donors (Lipinski definition) is 0. The Labute approximate surface area is 85.5 Å². The first kappa shape index (κ1) is 10.6. The van der Waals surface area contributed by atoms with Crippen molar-refractivity contribution < 1.29 is 9.13 Å². The van der Waals surface area contributed by atoms with E-state index in [0.29, 0.717) is 10.9 Å². The minimum Gasteiger partial charge on any atom is -0.474 e. The number of halogens is 2. The second kappa shape index (κ2) is 5.29. The molecule has 13 heavy (non-hydrogen) atoms. The van der Waals surface area contributed by atoms with E-state index in [0.717, 1.165) is 5.03 Å². The summed E-state index contributed by atoms with van der Waals surface area (Å²) in [4.78, 5) is 4.07.